The van der Waals surface area contributed by atoms with E-state index in [4.69, 9.17) is 4.74 Å². The van der Waals surface area contributed by atoms with Gasteiger partial charge in [0, 0.05) is 13.2 Å². The van der Waals surface area contributed by atoms with E-state index in [2.05, 4.69) is 5.32 Å². The van der Waals surface area contributed by atoms with Crippen LogP contribution in [0.1, 0.15) is 31.2 Å². The first-order valence-corrected chi connectivity index (χ1v) is 6.41. The lowest BCUT2D eigenvalue weighted by molar-refractivity contribution is 0.0115. The fourth-order valence-electron chi connectivity index (χ4n) is 2.13. The minimum atomic E-state index is -0.177. The molecule has 1 saturated heterocycles. The van der Waals surface area contributed by atoms with Crippen molar-refractivity contribution in [1.82, 2.24) is 5.32 Å². The first-order chi connectivity index (χ1) is 8.34. The zero-order chi connectivity index (χ0) is 11.9. The van der Waals surface area contributed by atoms with Gasteiger partial charge in [-0.05, 0) is 49.9 Å². The average molecular weight is 237 g/mol. The Bertz CT molecular complexity index is 319. The van der Waals surface area contributed by atoms with Crippen LogP contribution in [0.25, 0.3) is 0 Å². The molecule has 2 rings (SSSR count). The van der Waals surface area contributed by atoms with Crippen molar-refractivity contribution < 1.29 is 9.13 Å². The van der Waals surface area contributed by atoms with Gasteiger partial charge in [0.05, 0.1) is 6.10 Å². The highest BCUT2D eigenvalue weighted by atomic mass is 19.1. The second-order valence-electron chi connectivity index (χ2n) is 4.58. The Morgan fingerprint density at radius 1 is 1.24 bits per heavy atom. The van der Waals surface area contributed by atoms with Gasteiger partial charge in [-0.3, -0.25) is 0 Å². The van der Waals surface area contributed by atoms with E-state index in [0.717, 1.165) is 31.7 Å². The number of hydrogen-bond donors (Lipinski definition) is 1. The van der Waals surface area contributed by atoms with Gasteiger partial charge < -0.3 is 10.1 Å². The molecule has 0 spiro atoms. The molecule has 1 atom stereocenters. The normalized spacial score (nSPS) is 20.4. The molecule has 94 valence electrons. The van der Waals surface area contributed by atoms with Crippen molar-refractivity contribution in [2.45, 2.75) is 38.3 Å². The molecule has 0 bridgehead atoms. The van der Waals surface area contributed by atoms with Gasteiger partial charge in [-0.25, -0.2) is 4.39 Å². The molecule has 1 aliphatic heterocycles. The molecule has 1 unspecified atom stereocenters. The zero-order valence-corrected chi connectivity index (χ0v) is 10.1. The lowest BCUT2D eigenvalue weighted by Gasteiger charge is -2.22. The highest BCUT2D eigenvalue weighted by Gasteiger charge is 2.12. The summed E-state index contributed by atoms with van der Waals surface area (Å²) >= 11 is 0. The Hall–Kier alpha value is -0.930. The molecule has 2 nitrogen and oxygen atoms in total. The lowest BCUT2D eigenvalue weighted by Crippen LogP contribution is -2.25. The predicted octanol–water partition coefficient (Wildman–Crippen LogP) is 2.87. The third-order valence-corrected chi connectivity index (χ3v) is 3.16. The molecular formula is C14H20FNO. The van der Waals surface area contributed by atoms with Crippen molar-refractivity contribution in [3.8, 4) is 0 Å². The van der Waals surface area contributed by atoms with E-state index in [9.17, 15) is 4.39 Å². The average Bonchev–Trinajstić information content (AvgIpc) is 2.38. The molecule has 1 fully saturated rings. The molecule has 1 aromatic carbocycles. The van der Waals surface area contributed by atoms with E-state index in [1.54, 1.807) is 0 Å². The Labute approximate surface area is 102 Å². The van der Waals surface area contributed by atoms with Crippen molar-refractivity contribution in [1.29, 1.82) is 0 Å². The van der Waals surface area contributed by atoms with Gasteiger partial charge in [0.1, 0.15) is 5.82 Å². The summed E-state index contributed by atoms with van der Waals surface area (Å²) in [6.45, 7) is 2.68. The van der Waals surface area contributed by atoms with Crippen molar-refractivity contribution in [2.75, 3.05) is 13.2 Å². The third kappa shape index (κ3) is 4.44. The number of benzene rings is 1. The first-order valence-electron chi connectivity index (χ1n) is 6.41. The van der Waals surface area contributed by atoms with Crippen LogP contribution >= 0.6 is 0 Å². The van der Waals surface area contributed by atoms with Gasteiger partial charge >= 0.3 is 0 Å². The van der Waals surface area contributed by atoms with Crippen LogP contribution in [0.4, 0.5) is 4.39 Å². The Kier molecular flexibility index (Phi) is 4.95. The number of ether oxygens (including phenoxy) is 1. The summed E-state index contributed by atoms with van der Waals surface area (Å²) in [7, 11) is 0. The number of hydrogen-bond acceptors (Lipinski definition) is 2. The van der Waals surface area contributed by atoms with E-state index < -0.39 is 0 Å². The summed E-state index contributed by atoms with van der Waals surface area (Å²) in [6, 6.07) is 6.64. The summed E-state index contributed by atoms with van der Waals surface area (Å²) in [5.74, 6) is -0.177. The van der Waals surface area contributed by atoms with Gasteiger partial charge in [0.2, 0.25) is 0 Å². The van der Waals surface area contributed by atoms with Crippen LogP contribution in [0.15, 0.2) is 24.3 Å². The first kappa shape index (κ1) is 12.5. The number of rotatable bonds is 5. The maximum atomic E-state index is 12.7. The van der Waals surface area contributed by atoms with Crippen molar-refractivity contribution >= 4 is 0 Å². The van der Waals surface area contributed by atoms with Crippen LogP contribution < -0.4 is 5.32 Å². The van der Waals surface area contributed by atoms with E-state index >= 15 is 0 Å². The van der Waals surface area contributed by atoms with Gasteiger partial charge in [-0.1, -0.05) is 12.1 Å². The van der Waals surface area contributed by atoms with Crippen LogP contribution in [-0.2, 0) is 11.3 Å². The number of halogens is 1. The van der Waals surface area contributed by atoms with Crippen molar-refractivity contribution in [3.05, 3.63) is 35.6 Å². The number of nitrogens with one attached hydrogen (secondary N) is 1. The van der Waals surface area contributed by atoms with Crippen molar-refractivity contribution in [2.24, 2.45) is 0 Å². The Balaban J connectivity index is 1.60. The monoisotopic (exact) mass is 237 g/mol. The molecule has 0 saturated carbocycles. The summed E-state index contributed by atoms with van der Waals surface area (Å²) in [4.78, 5) is 0. The summed E-state index contributed by atoms with van der Waals surface area (Å²) in [5, 5.41) is 3.37. The van der Waals surface area contributed by atoms with E-state index in [1.165, 1.54) is 31.4 Å². The molecule has 1 aliphatic rings. The van der Waals surface area contributed by atoms with Gasteiger partial charge in [-0.2, -0.15) is 0 Å². The molecule has 0 radical (unpaired) electrons. The van der Waals surface area contributed by atoms with Crippen LogP contribution in [0.3, 0.4) is 0 Å². The molecule has 1 N–H and O–H groups in total. The topological polar surface area (TPSA) is 21.3 Å². The lowest BCUT2D eigenvalue weighted by atomic mass is 10.1. The van der Waals surface area contributed by atoms with E-state index in [1.807, 2.05) is 12.1 Å². The maximum Gasteiger partial charge on any atom is 0.123 e. The van der Waals surface area contributed by atoms with E-state index in [-0.39, 0.29) is 5.82 Å². The summed E-state index contributed by atoms with van der Waals surface area (Å²) in [6.07, 6.45) is 5.20. The van der Waals surface area contributed by atoms with Gasteiger partial charge in [0.15, 0.2) is 0 Å². The van der Waals surface area contributed by atoms with Crippen LogP contribution in [0, 0.1) is 5.82 Å². The third-order valence-electron chi connectivity index (χ3n) is 3.16. The van der Waals surface area contributed by atoms with Crippen LogP contribution in [0.2, 0.25) is 0 Å². The predicted molar refractivity (Wildman–Crippen MR) is 66.3 cm³/mol. The van der Waals surface area contributed by atoms with Crippen molar-refractivity contribution in [3.63, 3.8) is 0 Å². The largest absolute Gasteiger partial charge is 0.378 e. The highest BCUT2D eigenvalue weighted by Crippen LogP contribution is 2.14. The fourth-order valence-corrected chi connectivity index (χ4v) is 2.13. The maximum absolute atomic E-state index is 12.7. The molecule has 0 aromatic heterocycles. The van der Waals surface area contributed by atoms with Gasteiger partial charge in [0.25, 0.3) is 0 Å². The molecule has 1 aromatic rings. The Morgan fingerprint density at radius 3 is 2.76 bits per heavy atom. The standard InChI is InChI=1S/C14H20FNO/c15-13-6-4-12(5-7-13)11-16-9-8-14-3-1-2-10-17-14/h4-7,14,16H,1-3,8-11H2. The molecule has 0 amide bonds. The highest BCUT2D eigenvalue weighted by molar-refractivity contribution is 5.15. The second kappa shape index (κ2) is 6.72. The molecule has 1 heterocycles. The Morgan fingerprint density at radius 2 is 2.06 bits per heavy atom. The SMILES string of the molecule is Fc1ccc(CNCCC2CCCCO2)cc1. The quantitative estimate of drug-likeness (QED) is 0.795. The molecule has 0 aliphatic carbocycles. The summed E-state index contributed by atoms with van der Waals surface area (Å²) < 4.78 is 18.3. The summed E-state index contributed by atoms with van der Waals surface area (Å²) in [5.41, 5.74) is 1.12. The van der Waals surface area contributed by atoms with Crippen LogP contribution in [-0.4, -0.2) is 19.3 Å². The molecule has 3 heteroatoms. The van der Waals surface area contributed by atoms with Gasteiger partial charge in [-0.15, -0.1) is 0 Å². The molecule has 17 heavy (non-hydrogen) atoms. The zero-order valence-electron chi connectivity index (χ0n) is 10.1. The minimum Gasteiger partial charge on any atom is -0.378 e. The van der Waals surface area contributed by atoms with E-state index in [0.29, 0.717) is 6.10 Å². The second-order valence-corrected chi connectivity index (χ2v) is 4.58. The van der Waals surface area contributed by atoms with Crippen LogP contribution in [0.5, 0.6) is 0 Å². The molecular weight excluding hydrogens is 217 g/mol. The smallest absolute Gasteiger partial charge is 0.123 e. The fraction of sp³-hybridized carbons (Fsp3) is 0.571. The minimum absolute atomic E-state index is 0.177.